The molecule has 0 aliphatic rings. The van der Waals surface area contributed by atoms with Gasteiger partial charge in [-0.1, -0.05) is 0 Å². The second-order valence-corrected chi connectivity index (χ2v) is 5.65. The van der Waals surface area contributed by atoms with Crippen LogP contribution < -0.4 is 5.32 Å². The van der Waals surface area contributed by atoms with Gasteiger partial charge in [-0.05, 0) is 48.1 Å². The predicted molar refractivity (Wildman–Crippen MR) is 58.6 cm³/mol. The fourth-order valence-electron chi connectivity index (χ4n) is 0.797. The minimum atomic E-state index is 0.198. The lowest BCUT2D eigenvalue weighted by Gasteiger charge is -2.19. The SMILES string of the molecule is CC(C)(C)NCc1sccc1Br. The van der Waals surface area contributed by atoms with Crippen LogP contribution in [0.15, 0.2) is 15.9 Å². The van der Waals surface area contributed by atoms with Crippen LogP contribution in [0, 0.1) is 0 Å². The summed E-state index contributed by atoms with van der Waals surface area (Å²) in [5, 5.41) is 5.55. The maximum absolute atomic E-state index is 3.50. The Bertz CT molecular complexity index is 249. The van der Waals surface area contributed by atoms with Crippen molar-refractivity contribution < 1.29 is 0 Å². The van der Waals surface area contributed by atoms with Gasteiger partial charge < -0.3 is 5.32 Å². The lowest BCUT2D eigenvalue weighted by Crippen LogP contribution is -2.34. The molecule has 0 fully saturated rings. The molecule has 12 heavy (non-hydrogen) atoms. The zero-order valence-corrected chi connectivity index (χ0v) is 10.1. The molecular formula is C9H14BrNS. The van der Waals surface area contributed by atoms with E-state index in [1.165, 1.54) is 9.35 Å². The molecule has 68 valence electrons. The van der Waals surface area contributed by atoms with Crippen molar-refractivity contribution in [2.75, 3.05) is 0 Å². The maximum atomic E-state index is 3.50. The molecule has 0 aromatic carbocycles. The second-order valence-electron chi connectivity index (χ2n) is 3.80. The van der Waals surface area contributed by atoms with E-state index in [0.29, 0.717) is 0 Å². The summed E-state index contributed by atoms with van der Waals surface area (Å²) >= 11 is 5.29. The highest BCUT2D eigenvalue weighted by atomic mass is 79.9. The van der Waals surface area contributed by atoms with Gasteiger partial charge in [0.2, 0.25) is 0 Å². The standard InChI is InChI=1S/C9H14BrNS/c1-9(2,3)11-6-8-7(10)4-5-12-8/h4-5,11H,6H2,1-3H3. The van der Waals surface area contributed by atoms with E-state index in [9.17, 15) is 0 Å². The van der Waals surface area contributed by atoms with Gasteiger partial charge in [-0.25, -0.2) is 0 Å². The summed E-state index contributed by atoms with van der Waals surface area (Å²) in [7, 11) is 0. The minimum Gasteiger partial charge on any atom is -0.307 e. The van der Waals surface area contributed by atoms with E-state index < -0.39 is 0 Å². The number of nitrogens with one attached hydrogen (secondary N) is 1. The number of thiophene rings is 1. The van der Waals surface area contributed by atoms with Crippen LogP contribution in [-0.2, 0) is 6.54 Å². The van der Waals surface area contributed by atoms with Crippen LogP contribution in [0.2, 0.25) is 0 Å². The Morgan fingerprint density at radius 1 is 1.50 bits per heavy atom. The van der Waals surface area contributed by atoms with Gasteiger partial charge in [-0.2, -0.15) is 0 Å². The number of hydrogen-bond donors (Lipinski definition) is 1. The van der Waals surface area contributed by atoms with Gasteiger partial charge in [0.05, 0.1) is 0 Å². The molecule has 3 heteroatoms. The summed E-state index contributed by atoms with van der Waals surface area (Å²) in [6.45, 7) is 7.47. The molecule has 1 rings (SSSR count). The van der Waals surface area contributed by atoms with Crippen molar-refractivity contribution in [1.29, 1.82) is 0 Å². The highest BCUT2D eigenvalue weighted by molar-refractivity contribution is 9.10. The average Bonchev–Trinajstić information content (AvgIpc) is 2.29. The van der Waals surface area contributed by atoms with Crippen LogP contribution in [0.25, 0.3) is 0 Å². The zero-order chi connectivity index (χ0) is 9.19. The molecule has 1 nitrogen and oxygen atoms in total. The van der Waals surface area contributed by atoms with Crippen molar-refractivity contribution in [1.82, 2.24) is 5.32 Å². The molecule has 0 unspecified atom stereocenters. The van der Waals surface area contributed by atoms with Crippen molar-refractivity contribution in [2.45, 2.75) is 32.9 Å². The molecule has 0 amide bonds. The van der Waals surface area contributed by atoms with Crippen LogP contribution in [0.3, 0.4) is 0 Å². The van der Waals surface area contributed by atoms with Gasteiger partial charge in [0.25, 0.3) is 0 Å². The number of halogens is 1. The first kappa shape index (κ1) is 10.2. The smallest absolute Gasteiger partial charge is 0.0327 e. The number of rotatable bonds is 2. The molecule has 0 atom stereocenters. The normalized spacial score (nSPS) is 12.0. The van der Waals surface area contributed by atoms with E-state index in [1.807, 2.05) is 0 Å². The molecule has 1 aromatic heterocycles. The average molecular weight is 248 g/mol. The van der Waals surface area contributed by atoms with Crippen molar-refractivity contribution in [2.24, 2.45) is 0 Å². The molecule has 0 bridgehead atoms. The third kappa shape index (κ3) is 3.25. The summed E-state index contributed by atoms with van der Waals surface area (Å²) in [5.41, 5.74) is 0.198. The molecule has 0 saturated heterocycles. The molecule has 0 spiro atoms. The zero-order valence-electron chi connectivity index (χ0n) is 7.65. The Labute approximate surface area is 86.3 Å². The fourth-order valence-corrected chi connectivity index (χ4v) is 2.23. The van der Waals surface area contributed by atoms with Crippen molar-refractivity contribution in [3.05, 3.63) is 20.8 Å². The molecule has 1 heterocycles. The van der Waals surface area contributed by atoms with Crippen LogP contribution >= 0.6 is 27.3 Å². The van der Waals surface area contributed by atoms with Crippen LogP contribution in [-0.4, -0.2) is 5.54 Å². The highest BCUT2D eigenvalue weighted by Crippen LogP contribution is 2.22. The Balaban J connectivity index is 2.49. The van der Waals surface area contributed by atoms with E-state index in [2.05, 4.69) is 53.5 Å². The molecule has 0 aliphatic carbocycles. The summed E-state index contributed by atoms with van der Waals surface area (Å²) < 4.78 is 1.21. The predicted octanol–water partition coefficient (Wildman–Crippen LogP) is 3.40. The van der Waals surface area contributed by atoms with Gasteiger partial charge in [-0.3, -0.25) is 0 Å². The van der Waals surface area contributed by atoms with Crippen LogP contribution in [0.5, 0.6) is 0 Å². The van der Waals surface area contributed by atoms with Crippen molar-refractivity contribution in [3.63, 3.8) is 0 Å². The molecule has 1 N–H and O–H groups in total. The Morgan fingerprint density at radius 2 is 2.17 bits per heavy atom. The van der Waals surface area contributed by atoms with Crippen LogP contribution in [0.4, 0.5) is 0 Å². The Hall–Kier alpha value is 0.140. The molecular weight excluding hydrogens is 234 g/mol. The maximum Gasteiger partial charge on any atom is 0.0327 e. The first-order valence-corrected chi connectivity index (χ1v) is 5.63. The summed E-state index contributed by atoms with van der Waals surface area (Å²) in [5.74, 6) is 0. The van der Waals surface area contributed by atoms with E-state index in [4.69, 9.17) is 0 Å². The lowest BCUT2D eigenvalue weighted by molar-refractivity contribution is 0.426. The quantitative estimate of drug-likeness (QED) is 0.845. The molecule has 0 aliphatic heterocycles. The highest BCUT2D eigenvalue weighted by Gasteiger charge is 2.09. The Kier molecular flexibility index (Phi) is 3.32. The molecule has 0 radical (unpaired) electrons. The third-order valence-electron chi connectivity index (χ3n) is 1.47. The first-order valence-electron chi connectivity index (χ1n) is 3.96. The Morgan fingerprint density at radius 3 is 2.58 bits per heavy atom. The van der Waals surface area contributed by atoms with E-state index in [1.54, 1.807) is 11.3 Å². The fraction of sp³-hybridized carbons (Fsp3) is 0.556. The summed E-state index contributed by atoms with van der Waals surface area (Å²) in [4.78, 5) is 1.37. The lowest BCUT2D eigenvalue weighted by atomic mass is 10.1. The summed E-state index contributed by atoms with van der Waals surface area (Å²) in [6.07, 6.45) is 0. The molecule has 1 aromatic rings. The van der Waals surface area contributed by atoms with E-state index in [-0.39, 0.29) is 5.54 Å². The topological polar surface area (TPSA) is 12.0 Å². The monoisotopic (exact) mass is 247 g/mol. The van der Waals surface area contributed by atoms with Crippen molar-refractivity contribution >= 4 is 27.3 Å². The van der Waals surface area contributed by atoms with Gasteiger partial charge in [0.15, 0.2) is 0 Å². The first-order chi connectivity index (χ1) is 5.49. The number of hydrogen-bond acceptors (Lipinski definition) is 2. The van der Waals surface area contributed by atoms with Gasteiger partial charge in [0, 0.05) is 21.4 Å². The van der Waals surface area contributed by atoms with E-state index >= 15 is 0 Å². The largest absolute Gasteiger partial charge is 0.307 e. The van der Waals surface area contributed by atoms with E-state index in [0.717, 1.165) is 6.54 Å². The van der Waals surface area contributed by atoms with Crippen LogP contribution in [0.1, 0.15) is 25.6 Å². The van der Waals surface area contributed by atoms with Gasteiger partial charge in [-0.15, -0.1) is 11.3 Å². The van der Waals surface area contributed by atoms with Gasteiger partial charge in [0.1, 0.15) is 0 Å². The third-order valence-corrected chi connectivity index (χ3v) is 3.40. The van der Waals surface area contributed by atoms with Gasteiger partial charge >= 0.3 is 0 Å². The molecule has 0 saturated carbocycles. The summed E-state index contributed by atoms with van der Waals surface area (Å²) in [6, 6.07) is 2.09. The second kappa shape index (κ2) is 3.90. The minimum absolute atomic E-state index is 0.198. The van der Waals surface area contributed by atoms with Crippen molar-refractivity contribution in [3.8, 4) is 0 Å².